The van der Waals surface area contributed by atoms with Crippen LogP contribution in [0.3, 0.4) is 0 Å². The molecule has 1 fully saturated rings. The third kappa shape index (κ3) is 2.97. The Bertz CT molecular complexity index is 748. The van der Waals surface area contributed by atoms with E-state index in [1.54, 1.807) is 24.3 Å². The van der Waals surface area contributed by atoms with Crippen molar-refractivity contribution in [1.29, 1.82) is 0 Å². The zero-order chi connectivity index (χ0) is 15.1. The Balaban J connectivity index is 1.81. The van der Waals surface area contributed by atoms with Gasteiger partial charge in [-0.3, -0.25) is 0 Å². The van der Waals surface area contributed by atoms with Gasteiger partial charge in [0.1, 0.15) is 0 Å². The molecule has 0 saturated heterocycles. The van der Waals surface area contributed by atoms with Gasteiger partial charge in [-0.05, 0) is 37.0 Å². The second kappa shape index (κ2) is 4.90. The molecule has 7 nitrogen and oxygen atoms in total. The van der Waals surface area contributed by atoms with Gasteiger partial charge in [0, 0.05) is 5.56 Å². The summed E-state index contributed by atoms with van der Waals surface area (Å²) in [6.45, 7) is 0. The van der Waals surface area contributed by atoms with Gasteiger partial charge in [-0.15, -0.1) is 0 Å². The van der Waals surface area contributed by atoms with Gasteiger partial charge < -0.3 is 10.3 Å². The predicted molar refractivity (Wildman–Crippen MR) is 76.3 cm³/mol. The van der Waals surface area contributed by atoms with E-state index in [4.69, 9.17) is 15.4 Å². The summed E-state index contributed by atoms with van der Waals surface area (Å²) >= 11 is 0. The fraction of sp³-hybridized carbons (Fsp3) is 0.385. The topological polar surface area (TPSA) is 125 Å². The first kappa shape index (κ1) is 14.2. The van der Waals surface area contributed by atoms with Gasteiger partial charge >= 0.3 is 0 Å². The van der Waals surface area contributed by atoms with Crippen LogP contribution in [0.5, 0.6) is 0 Å². The standard InChI is InChI=1S/C13H16N4O3S/c14-13(6-1-7-13)12-16-11(20-17-12)10-4-2-9(3-5-10)8-21(15,18)19/h2-5H,1,6-8,14H2,(H2,15,18,19). The fourth-order valence-corrected chi connectivity index (χ4v) is 2.96. The minimum atomic E-state index is -3.53. The van der Waals surface area contributed by atoms with Gasteiger partial charge in [0.05, 0.1) is 11.3 Å². The zero-order valence-corrected chi connectivity index (χ0v) is 12.1. The van der Waals surface area contributed by atoms with E-state index >= 15 is 0 Å². The van der Waals surface area contributed by atoms with E-state index in [1.165, 1.54) is 0 Å². The van der Waals surface area contributed by atoms with Crippen LogP contribution in [0.2, 0.25) is 0 Å². The van der Waals surface area contributed by atoms with E-state index in [1.807, 2.05) is 0 Å². The van der Waals surface area contributed by atoms with Crippen LogP contribution in [0.15, 0.2) is 28.8 Å². The third-order valence-electron chi connectivity index (χ3n) is 3.69. The molecule has 0 aliphatic heterocycles. The number of sulfonamides is 1. The zero-order valence-electron chi connectivity index (χ0n) is 11.3. The van der Waals surface area contributed by atoms with Gasteiger partial charge in [0.2, 0.25) is 10.0 Å². The number of aromatic nitrogens is 2. The summed E-state index contributed by atoms with van der Waals surface area (Å²) in [5.41, 5.74) is 7.00. The lowest BCUT2D eigenvalue weighted by molar-refractivity contribution is 0.229. The van der Waals surface area contributed by atoms with Crippen molar-refractivity contribution in [2.24, 2.45) is 10.9 Å². The lowest BCUT2D eigenvalue weighted by atomic mass is 9.77. The highest BCUT2D eigenvalue weighted by Crippen LogP contribution is 2.37. The molecule has 0 spiro atoms. The van der Waals surface area contributed by atoms with E-state index < -0.39 is 15.6 Å². The summed E-state index contributed by atoms with van der Waals surface area (Å²) in [5, 5.41) is 8.95. The van der Waals surface area contributed by atoms with E-state index in [0.29, 0.717) is 17.3 Å². The van der Waals surface area contributed by atoms with Gasteiger partial charge in [-0.2, -0.15) is 4.98 Å². The normalized spacial score (nSPS) is 17.4. The SMILES string of the molecule is NC1(c2noc(-c3ccc(CS(N)(=O)=O)cc3)n2)CCC1. The van der Waals surface area contributed by atoms with Crippen LogP contribution in [0, 0.1) is 0 Å². The monoisotopic (exact) mass is 308 g/mol. The van der Waals surface area contributed by atoms with Crippen molar-refractivity contribution in [1.82, 2.24) is 10.1 Å². The molecule has 8 heteroatoms. The van der Waals surface area contributed by atoms with E-state index in [-0.39, 0.29) is 5.75 Å². The average Bonchev–Trinajstić information content (AvgIpc) is 2.85. The van der Waals surface area contributed by atoms with Crippen LogP contribution in [0.1, 0.15) is 30.7 Å². The van der Waals surface area contributed by atoms with Crippen LogP contribution >= 0.6 is 0 Å². The molecule has 0 atom stereocenters. The lowest BCUT2D eigenvalue weighted by Crippen LogP contribution is -2.44. The Morgan fingerprint density at radius 2 is 1.90 bits per heavy atom. The molecule has 0 bridgehead atoms. The summed E-state index contributed by atoms with van der Waals surface area (Å²) in [6.07, 6.45) is 2.79. The highest BCUT2D eigenvalue weighted by Gasteiger charge is 2.39. The smallest absolute Gasteiger partial charge is 0.257 e. The third-order valence-corrected chi connectivity index (χ3v) is 4.42. The maximum absolute atomic E-state index is 11.0. The number of nitrogens with two attached hydrogens (primary N) is 2. The van der Waals surface area contributed by atoms with Crippen molar-refractivity contribution in [3.63, 3.8) is 0 Å². The van der Waals surface area contributed by atoms with E-state index in [9.17, 15) is 8.42 Å². The molecule has 21 heavy (non-hydrogen) atoms. The van der Waals surface area contributed by atoms with Crippen molar-refractivity contribution < 1.29 is 12.9 Å². The minimum Gasteiger partial charge on any atom is -0.334 e. The van der Waals surface area contributed by atoms with Crippen LogP contribution in [0.4, 0.5) is 0 Å². The first-order chi connectivity index (χ1) is 9.86. The molecule has 3 rings (SSSR count). The Labute approximate surface area is 122 Å². The summed E-state index contributed by atoms with van der Waals surface area (Å²) in [6, 6.07) is 6.79. The second-order valence-electron chi connectivity index (χ2n) is 5.44. The molecule has 1 aliphatic rings. The molecule has 1 aromatic heterocycles. The van der Waals surface area contributed by atoms with Crippen molar-refractivity contribution in [2.75, 3.05) is 0 Å². The Morgan fingerprint density at radius 1 is 1.24 bits per heavy atom. The van der Waals surface area contributed by atoms with Gasteiger partial charge in [0.15, 0.2) is 5.82 Å². The quantitative estimate of drug-likeness (QED) is 0.863. The highest BCUT2D eigenvalue weighted by atomic mass is 32.2. The minimum absolute atomic E-state index is 0.200. The summed E-state index contributed by atoms with van der Waals surface area (Å²) in [4.78, 5) is 4.33. The highest BCUT2D eigenvalue weighted by molar-refractivity contribution is 7.88. The summed E-state index contributed by atoms with van der Waals surface area (Å²) in [7, 11) is -3.53. The molecule has 0 unspecified atom stereocenters. The van der Waals surface area contributed by atoms with Crippen molar-refractivity contribution in [3.8, 4) is 11.5 Å². The molecular formula is C13H16N4O3S. The molecule has 112 valence electrons. The largest absolute Gasteiger partial charge is 0.334 e. The van der Waals surface area contributed by atoms with Crippen molar-refractivity contribution in [3.05, 3.63) is 35.7 Å². The van der Waals surface area contributed by atoms with Gasteiger partial charge in [0.25, 0.3) is 5.89 Å². The van der Waals surface area contributed by atoms with Crippen LogP contribution in [-0.4, -0.2) is 18.6 Å². The Hall–Kier alpha value is -1.77. The van der Waals surface area contributed by atoms with Gasteiger partial charge in [-0.1, -0.05) is 17.3 Å². The molecule has 1 heterocycles. The maximum Gasteiger partial charge on any atom is 0.257 e. The molecule has 1 aliphatic carbocycles. The first-order valence-electron chi connectivity index (χ1n) is 6.59. The second-order valence-corrected chi connectivity index (χ2v) is 7.05. The Kier molecular flexibility index (Phi) is 3.31. The molecule has 1 aromatic carbocycles. The molecule has 0 amide bonds. The van der Waals surface area contributed by atoms with Crippen molar-refractivity contribution in [2.45, 2.75) is 30.6 Å². The Morgan fingerprint density at radius 3 is 2.43 bits per heavy atom. The maximum atomic E-state index is 11.0. The van der Waals surface area contributed by atoms with Crippen LogP contribution < -0.4 is 10.9 Å². The summed E-state index contributed by atoms with van der Waals surface area (Å²) < 4.78 is 27.3. The fourth-order valence-electron chi connectivity index (χ4n) is 2.30. The molecule has 1 saturated carbocycles. The van der Waals surface area contributed by atoms with E-state index in [2.05, 4.69) is 10.1 Å². The number of nitrogens with zero attached hydrogens (tertiary/aromatic N) is 2. The average molecular weight is 308 g/mol. The molecule has 0 radical (unpaired) electrons. The summed E-state index contributed by atoms with van der Waals surface area (Å²) in [5.74, 6) is 0.704. The molecular weight excluding hydrogens is 292 g/mol. The number of hydrogen-bond acceptors (Lipinski definition) is 6. The van der Waals surface area contributed by atoms with Crippen molar-refractivity contribution >= 4 is 10.0 Å². The molecule has 4 N–H and O–H groups in total. The lowest BCUT2D eigenvalue weighted by Gasteiger charge is -2.34. The number of primary sulfonamides is 1. The number of rotatable bonds is 4. The first-order valence-corrected chi connectivity index (χ1v) is 8.30. The molecule has 2 aromatic rings. The number of hydrogen-bond donors (Lipinski definition) is 2. The van der Waals surface area contributed by atoms with Crippen LogP contribution in [-0.2, 0) is 21.3 Å². The van der Waals surface area contributed by atoms with E-state index in [0.717, 1.165) is 24.8 Å². The number of benzene rings is 1. The van der Waals surface area contributed by atoms with Crippen LogP contribution in [0.25, 0.3) is 11.5 Å². The predicted octanol–water partition coefficient (Wildman–Crippen LogP) is 0.863. The van der Waals surface area contributed by atoms with Gasteiger partial charge in [-0.25, -0.2) is 13.6 Å².